The molecule has 13 heavy (non-hydrogen) atoms. The van der Waals surface area contributed by atoms with Gasteiger partial charge in [-0.05, 0) is 13.8 Å². The summed E-state index contributed by atoms with van der Waals surface area (Å²) in [6.07, 6.45) is 0.308. The minimum absolute atomic E-state index is 0.223. The monoisotopic (exact) mass is 182 g/mol. The Morgan fingerprint density at radius 2 is 2.15 bits per heavy atom. The van der Waals surface area contributed by atoms with E-state index >= 15 is 0 Å². The molecule has 0 aliphatic carbocycles. The van der Waals surface area contributed by atoms with Crippen LogP contribution < -0.4 is 0 Å². The number of carbonyl (C=O) groups excluding carboxylic acids is 1. The van der Waals surface area contributed by atoms with E-state index in [4.69, 9.17) is 0 Å². The number of methoxy groups -OCH3 is 1. The van der Waals surface area contributed by atoms with Gasteiger partial charge in [-0.2, -0.15) is 5.10 Å². The van der Waals surface area contributed by atoms with Crippen LogP contribution in [0.2, 0.25) is 0 Å². The summed E-state index contributed by atoms with van der Waals surface area (Å²) in [5, 5.41) is 4.21. The first-order valence-corrected chi connectivity index (χ1v) is 4.12. The number of carbonyl (C=O) groups is 1. The Bertz CT molecular complexity index is 329. The SMILES string of the molecule is COC(=O)Cc1c(C)nn(C)c1C. The molecule has 0 N–H and O–H groups in total. The Kier molecular flexibility index (Phi) is 2.70. The maximum Gasteiger partial charge on any atom is 0.310 e. The molecule has 0 atom stereocenters. The van der Waals surface area contributed by atoms with E-state index in [1.165, 1.54) is 7.11 Å². The summed E-state index contributed by atoms with van der Waals surface area (Å²) >= 11 is 0. The normalized spacial score (nSPS) is 10.2. The third-order valence-corrected chi connectivity index (χ3v) is 2.21. The highest BCUT2D eigenvalue weighted by atomic mass is 16.5. The molecule has 0 fully saturated rings. The average Bonchev–Trinajstić information content (AvgIpc) is 2.32. The molecule has 0 spiro atoms. The highest BCUT2D eigenvalue weighted by Gasteiger charge is 2.12. The van der Waals surface area contributed by atoms with Crippen LogP contribution in [0.3, 0.4) is 0 Å². The maximum atomic E-state index is 11.0. The molecular weight excluding hydrogens is 168 g/mol. The van der Waals surface area contributed by atoms with Gasteiger partial charge in [-0.1, -0.05) is 0 Å². The Morgan fingerprint density at radius 1 is 1.54 bits per heavy atom. The number of esters is 1. The van der Waals surface area contributed by atoms with E-state index in [1.54, 1.807) is 4.68 Å². The number of aryl methyl sites for hydroxylation is 2. The molecule has 1 aromatic heterocycles. The lowest BCUT2D eigenvalue weighted by atomic mass is 10.1. The summed E-state index contributed by atoms with van der Waals surface area (Å²) in [6, 6.07) is 0. The average molecular weight is 182 g/mol. The molecule has 0 unspecified atom stereocenters. The second kappa shape index (κ2) is 3.60. The van der Waals surface area contributed by atoms with E-state index in [1.807, 2.05) is 20.9 Å². The summed E-state index contributed by atoms with van der Waals surface area (Å²) in [7, 11) is 3.26. The lowest BCUT2D eigenvalue weighted by Crippen LogP contribution is -2.06. The number of hydrogen-bond acceptors (Lipinski definition) is 3. The predicted molar refractivity (Wildman–Crippen MR) is 48.4 cm³/mol. The summed E-state index contributed by atoms with van der Waals surface area (Å²) in [5.74, 6) is -0.223. The van der Waals surface area contributed by atoms with Gasteiger partial charge in [0.05, 0.1) is 19.2 Å². The van der Waals surface area contributed by atoms with Crippen LogP contribution >= 0.6 is 0 Å². The fourth-order valence-electron chi connectivity index (χ4n) is 1.29. The van der Waals surface area contributed by atoms with Gasteiger partial charge in [0.25, 0.3) is 0 Å². The van der Waals surface area contributed by atoms with E-state index < -0.39 is 0 Å². The lowest BCUT2D eigenvalue weighted by molar-refractivity contribution is -0.139. The maximum absolute atomic E-state index is 11.0. The van der Waals surface area contributed by atoms with Crippen molar-refractivity contribution < 1.29 is 9.53 Å². The number of hydrogen-bond donors (Lipinski definition) is 0. The third kappa shape index (κ3) is 1.88. The van der Waals surface area contributed by atoms with E-state index in [0.717, 1.165) is 17.0 Å². The molecule has 0 aromatic carbocycles. The van der Waals surface area contributed by atoms with Crippen LogP contribution in [0, 0.1) is 13.8 Å². The number of ether oxygens (including phenoxy) is 1. The van der Waals surface area contributed by atoms with Crippen molar-refractivity contribution in [3.05, 3.63) is 17.0 Å². The highest BCUT2D eigenvalue weighted by Crippen LogP contribution is 2.12. The van der Waals surface area contributed by atoms with Crippen molar-refractivity contribution in [2.45, 2.75) is 20.3 Å². The zero-order chi connectivity index (χ0) is 10.0. The van der Waals surface area contributed by atoms with Crippen LogP contribution in [-0.4, -0.2) is 22.9 Å². The van der Waals surface area contributed by atoms with Crippen molar-refractivity contribution in [2.24, 2.45) is 7.05 Å². The first-order valence-electron chi connectivity index (χ1n) is 4.12. The molecule has 1 aromatic rings. The smallest absolute Gasteiger partial charge is 0.310 e. The first kappa shape index (κ1) is 9.77. The molecule has 0 radical (unpaired) electrons. The van der Waals surface area contributed by atoms with Crippen LogP contribution in [0.5, 0.6) is 0 Å². The molecule has 0 aliphatic heterocycles. The van der Waals surface area contributed by atoms with Gasteiger partial charge in [-0.25, -0.2) is 0 Å². The summed E-state index contributed by atoms with van der Waals surface area (Å²) in [4.78, 5) is 11.0. The summed E-state index contributed by atoms with van der Waals surface area (Å²) in [6.45, 7) is 3.84. The van der Waals surface area contributed by atoms with E-state index in [-0.39, 0.29) is 5.97 Å². The van der Waals surface area contributed by atoms with Gasteiger partial charge in [0, 0.05) is 18.3 Å². The van der Waals surface area contributed by atoms with E-state index in [2.05, 4.69) is 9.84 Å². The molecule has 0 amide bonds. The van der Waals surface area contributed by atoms with E-state index in [0.29, 0.717) is 6.42 Å². The van der Waals surface area contributed by atoms with Gasteiger partial charge in [-0.3, -0.25) is 9.48 Å². The van der Waals surface area contributed by atoms with Crippen LogP contribution in [-0.2, 0) is 23.0 Å². The molecule has 1 rings (SSSR count). The Hall–Kier alpha value is -1.32. The number of rotatable bonds is 2. The molecular formula is C9H14N2O2. The fraction of sp³-hybridized carbons (Fsp3) is 0.556. The van der Waals surface area contributed by atoms with Crippen LogP contribution in [0.4, 0.5) is 0 Å². The molecule has 0 saturated heterocycles. The van der Waals surface area contributed by atoms with Crippen LogP contribution in [0.25, 0.3) is 0 Å². The Balaban J connectivity index is 2.94. The quantitative estimate of drug-likeness (QED) is 0.634. The molecule has 4 nitrogen and oxygen atoms in total. The molecule has 72 valence electrons. The number of nitrogens with zero attached hydrogens (tertiary/aromatic N) is 2. The van der Waals surface area contributed by atoms with Crippen LogP contribution in [0.1, 0.15) is 17.0 Å². The molecule has 0 saturated carbocycles. The third-order valence-electron chi connectivity index (χ3n) is 2.21. The van der Waals surface area contributed by atoms with Gasteiger partial charge in [0.2, 0.25) is 0 Å². The molecule has 0 bridgehead atoms. The fourth-order valence-corrected chi connectivity index (χ4v) is 1.29. The second-order valence-corrected chi connectivity index (χ2v) is 3.03. The van der Waals surface area contributed by atoms with Crippen molar-refractivity contribution in [2.75, 3.05) is 7.11 Å². The van der Waals surface area contributed by atoms with Gasteiger partial charge >= 0.3 is 5.97 Å². The van der Waals surface area contributed by atoms with Crippen molar-refractivity contribution in [1.82, 2.24) is 9.78 Å². The summed E-state index contributed by atoms with van der Waals surface area (Å²) < 4.78 is 6.37. The van der Waals surface area contributed by atoms with Gasteiger partial charge < -0.3 is 4.74 Å². The summed E-state index contributed by atoms with van der Waals surface area (Å²) in [5.41, 5.74) is 2.88. The largest absolute Gasteiger partial charge is 0.469 e. The Morgan fingerprint density at radius 3 is 2.54 bits per heavy atom. The topological polar surface area (TPSA) is 44.1 Å². The predicted octanol–water partition coefficient (Wildman–Crippen LogP) is 0.752. The molecule has 1 heterocycles. The standard InChI is InChI=1S/C9H14N2O2/c1-6-8(5-9(12)13-4)7(2)11(3)10-6/h5H2,1-4H3. The second-order valence-electron chi connectivity index (χ2n) is 3.03. The Labute approximate surface area is 77.5 Å². The van der Waals surface area contributed by atoms with Gasteiger partial charge in [-0.15, -0.1) is 0 Å². The van der Waals surface area contributed by atoms with Crippen molar-refractivity contribution >= 4 is 5.97 Å². The van der Waals surface area contributed by atoms with Crippen molar-refractivity contribution in [3.8, 4) is 0 Å². The lowest BCUT2D eigenvalue weighted by Gasteiger charge is -1.99. The first-order chi connectivity index (χ1) is 6.06. The van der Waals surface area contributed by atoms with Gasteiger partial charge in [0.1, 0.15) is 0 Å². The highest BCUT2D eigenvalue weighted by molar-refractivity contribution is 5.73. The van der Waals surface area contributed by atoms with Gasteiger partial charge in [0.15, 0.2) is 0 Å². The zero-order valence-electron chi connectivity index (χ0n) is 8.42. The zero-order valence-corrected chi connectivity index (χ0v) is 8.42. The number of aromatic nitrogens is 2. The molecule has 0 aliphatic rings. The minimum Gasteiger partial charge on any atom is -0.469 e. The molecule has 4 heteroatoms. The van der Waals surface area contributed by atoms with E-state index in [9.17, 15) is 4.79 Å². The van der Waals surface area contributed by atoms with Crippen molar-refractivity contribution in [1.29, 1.82) is 0 Å². The van der Waals surface area contributed by atoms with Crippen molar-refractivity contribution in [3.63, 3.8) is 0 Å². The minimum atomic E-state index is -0.223. The van der Waals surface area contributed by atoms with Crippen LogP contribution in [0.15, 0.2) is 0 Å².